The van der Waals surface area contributed by atoms with Gasteiger partial charge < -0.3 is 10.8 Å². The number of carbonyl (C=O) groups is 2. The van der Waals surface area contributed by atoms with Crippen LogP contribution >= 0.6 is 0 Å². The lowest BCUT2D eigenvalue weighted by Crippen LogP contribution is -2.49. The van der Waals surface area contributed by atoms with Crippen LogP contribution in [0.4, 0.5) is 0 Å². The summed E-state index contributed by atoms with van der Waals surface area (Å²) in [6, 6.07) is -0.534. The van der Waals surface area contributed by atoms with Crippen LogP contribution in [0.15, 0.2) is 0 Å². The normalized spacial score (nSPS) is 22.0. The van der Waals surface area contributed by atoms with E-state index in [2.05, 4.69) is 0 Å². The SMILES string of the molecule is CC(=O)C1(C(N)CC(=O)O)CCCCC1. The molecule has 0 amide bonds. The van der Waals surface area contributed by atoms with Crippen molar-refractivity contribution >= 4 is 11.8 Å². The fourth-order valence-electron chi connectivity index (χ4n) is 2.55. The van der Waals surface area contributed by atoms with Crippen molar-refractivity contribution in [2.24, 2.45) is 11.1 Å². The minimum atomic E-state index is -0.923. The molecular formula is C11H19NO3. The maximum Gasteiger partial charge on any atom is 0.304 e. The molecular weight excluding hydrogens is 194 g/mol. The Kier molecular flexibility index (Phi) is 3.85. The number of hydrogen-bond donors (Lipinski definition) is 2. The zero-order valence-electron chi connectivity index (χ0n) is 9.16. The van der Waals surface area contributed by atoms with E-state index >= 15 is 0 Å². The van der Waals surface area contributed by atoms with Gasteiger partial charge in [-0.15, -0.1) is 0 Å². The molecule has 0 saturated heterocycles. The molecule has 1 saturated carbocycles. The first kappa shape index (κ1) is 12.2. The average Bonchev–Trinajstić information content (AvgIpc) is 2.17. The smallest absolute Gasteiger partial charge is 0.304 e. The van der Waals surface area contributed by atoms with Gasteiger partial charge in [-0.2, -0.15) is 0 Å². The highest BCUT2D eigenvalue weighted by Crippen LogP contribution is 2.40. The Morgan fingerprint density at radius 2 is 1.87 bits per heavy atom. The van der Waals surface area contributed by atoms with E-state index in [1.165, 1.54) is 6.92 Å². The van der Waals surface area contributed by atoms with Crippen molar-refractivity contribution in [1.29, 1.82) is 0 Å². The Bertz CT molecular complexity index is 257. The number of carbonyl (C=O) groups excluding carboxylic acids is 1. The number of carboxylic acid groups (broad SMARTS) is 1. The summed E-state index contributed by atoms with van der Waals surface area (Å²) in [7, 11) is 0. The van der Waals surface area contributed by atoms with Crippen LogP contribution in [-0.2, 0) is 9.59 Å². The van der Waals surface area contributed by atoms with Gasteiger partial charge in [0.1, 0.15) is 5.78 Å². The van der Waals surface area contributed by atoms with E-state index < -0.39 is 17.4 Å². The summed E-state index contributed by atoms with van der Waals surface area (Å²) in [5.74, 6) is -0.871. The third-order valence-electron chi connectivity index (χ3n) is 3.55. The number of aliphatic carboxylic acids is 1. The predicted molar refractivity (Wildman–Crippen MR) is 56.4 cm³/mol. The van der Waals surface area contributed by atoms with Crippen LogP contribution in [0.2, 0.25) is 0 Å². The van der Waals surface area contributed by atoms with Crippen molar-refractivity contribution in [3.8, 4) is 0 Å². The standard InChI is InChI=1S/C11H19NO3/c1-8(13)11(5-3-2-4-6-11)9(12)7-10(14)15/h9H,2-7,12H2,1H3,(H,14,15). The van der Waals surface area contributed by atoms with E-state index in [-0.39, 0.29) is 12.2 Å². The minimum absolute atomic E-state index is 0.0518. The molecule has 1 fully saturated rings. The van der Waals surface area contributed by atoms with E-state index in [0.29, 0.717) is 0 Å². The molecule has 3 N–H and O–H groups in total. The fraction of sp³-hybridized carbons (Fsp3) is 0.818. The van der Waals surface area contributed by atoms with Gasteiger partial charge in [-0.3, -0.25) is 9.59 Å². The van der Waals surface area contributed by atoms with Gasteiger partial charge in [-0.05, 0) is 19.8 Å². The highest BCUT2D eigenvalue weighted by molar-refractivity contribution is 5.84. The Morgan fingerprint density at radius 1 is 1.33 bits per heavy atom. The van der Waals surface area contributed by atoms with Gasteiger partial charge >= 0.3 is 5.97 Å². The molecule has 0 spiro atoms. The van der Waals surface area contributed by atoms with Crippen LogP contribution in [0.5, 0.6) is 0 Å². The van der Waals surface area contributed by atoms with Crippen molar-refractivity contribution < 1.29 is 14.7 Å². The van der Waals surface area contributed by atoms with Crippen LogP contribution in [0.25, 0.3) is 0 Å². The Balaban J connectivity index is 2.79. The van der Waals surface area contributed by atoms with Crippen molar-refractivity contribution in [3.63, 3.8) is 0 Å². The molecule has 86 valence electrons. The number of rotatable bonds is 4. The summed E-state index contributed by atoms with van der Waals surface area (Å²) < 4.78 is 0. The number of Topliss-reactive ketones (excluding diaryl/α,β-unsaturated/α-hetero) is 1. The molecule has 4 nitrogen and oxygen atoms in total. The Morgan fingerprint density at radius 3 is 2.27 bits per heavy atom. The van der Waals surface area contributed by atoms with E-state index in [1.807, 2.05) is 0 Å². The maximum absolute atomic E-state index is 11.7. The van der Waals surface area contributed by atoms with Gasteiger partial charge in [0, 0.05) is 11.5 Å². The lowest BCUT2D eigenvalue weighted by atomic mass is 9.66. The van der Waals surface area contributed by atoms with Crippen molar-refractivity contribution in [2.75, 3.05) is 0 Å². The fourth-order valence-corrected chi connectivity index (χ4v) is 2.55. The van der Waals surface area contributed by atoms with Crippen LogP contribution in [0, 0.1) is 5.41 Å². The Hall–Kier alpha value is -0.900. The number of carboxylic acids is 1. The van der Waals surface area contributed by atoms with Crippen molar-refractivity contribution in [3.05, 3.63) is 0 Å². The molecule has 15 heavy (non-hydrogen) atoms. The molecule has 0 heterocycles. The van der Waals surface area contributed by atoms with Gasteiger partial charge in [0.2, 0.25) is 0 Å². The van der Waals surface area contributed by atoms with Gasteiger partial charge in [0.25, 0.3) is 0 Å². The molecule has 0 aromatic rings. The third kappa shape index (κ3) is 2.56. The molecule has 1 unspecified atom stereocenters. The van der Waals surface area contributed by atoms with E-state index in [1.54, 1.807) is 0 Å². The zero-order chi connectivity index (χ0) is 11.5. The molecule has 1 aliphatic carbocycles. The average molecular weight is 213 g/mol. The summed E-state index contributed by atoms with van der Waals surface area (Å²) in [5, 5.41) is 8.72. The lowest BCUT2D eigenvalue weighted by Gasteiger charge is -2.39. The summed E-state index contributed by atoms with van der Waals surface area (Å²) in [5.41, 5.74) is 5.31. The van der Waals surface area contributed by atoms with E-state index in [4.69, 9.17) is 10.8 Å². The molecule has 1 rings (SSSR count). The molecule has 0 aromatic heterocycles. The van der Waals surface area contributed by atoms with Gasteiger partial charge in [-0.25, -0.2) is 0 Å². The quantitative estimate of drug-likeness (QED) is 0.738. The van der Waals surface area contributed by atoms with Gasteiger partial charge in [-0.1, -0.05) is 19.3 Å². The van der Waals surface area contributed by atoms with Crippen LogP contribution in [-0.4, -0.2) is 22.9 Å². The van der Waals surface area contributed by atoms with Crippen molar-refractivity contribution in [1.82, 2.24) is 0 Å². The number of ketones is 1. The lowest BCUT2D eigenvalue weighted by molar-refractivity contribution is -0.139. The highest BCUT2D eigenvalue weighted by Gasteiger charge is 2.42. The van der Waals surface area contributed by atoms with Crippen LogP contribution < -0.4 is 5.73 Å². The highest BCUT2D eigenvalue weighted by atomic mass is 16.4. The molecule has 1 atom stereocenters. The number of nitrogens with two attached hydrogens (primary N) is 1. The first-order valence-electron chi connectivity index (χ1n) is 5.47. The minimum Gasteiger partial charge on any atom is -0.481 e. The van der Waals surface area contributed by atoms with Crippen LogP contribution in [0.1, 0.15) is 45.4 Å². The molecule has 0 bridgehead atoms. The molecule has 1 aliphatic rings. The number of hydrogen-bond acceptors (Lipinski definition) is 3. The second kappa shape index (κ2) is 4.75. The molecule has 0 radical (unpaired) electrons. The predicted octanol–water partition coefficient (Wildman–Crippen LogP) is 1.33. The zero-order valence-corrected chi connectivity index (χ0v) is 9.16. The van der Waals surface area contributed by atoms with E-state index in [0.717, 1.165) is 32.1 Å². The van der Waals surface area contributed by atoms with Crippen LogP contribution in [0.3, 0.4) is 0 Å². The first-order valence-corrected chi connectivity index (χ1v) is 5.47. The second-order valence-corrected chi connectivity index (χ2v) is 4.48. The summed E-state index contributed by atoms with van der Waals surface area (Å²) in [4.78, 5) is 22.3. The summed E-state index contributed by atoms with van der Waals surface area (Å²) in [6.07, 6.45) is 4.46. The molecule has 4 heteroatoms. The van der Waals surface area contributed by atoms with Gasteiger partial charge in [0.15, 0.2) is 0 Å². The monoisotopic (exact) mass is 213 g/mol. The van der Waals surface area contributed by atoms with E-state index in [9.17, 15) is 9.59 Å². The first-order chi connectivity index (χ1) is 6.99. The molecule has 0 aliphatic heterocycles. The van der Waals surface area contributed by atoms with Crippen molar-refractivity contribution in [2.45, 2.75) is 51.5 Å². The topological polar surface area (TPSA) is 80.4 Å². The summed E-state index contributed by atoms with van der Waals surface area (Å²) in [6.45, 7) is 1.53. The largest absolute Gasteiger partial charge is 0.481 e. The van der Waals surface area contributed by atoms with Gasteiger partial charge in [0.05, 0.1) is 6.42 Å². The second-order valence-electron chi connectivity index (χ2n) is 4.48. The summed E-state index contributed by atoms with van der Waals surface area (Å²) >= 11 is 0. The maximum atomic E-state index is 11.7. The molecule has 0 aromatic carbocycles. The Labute approximate surface area is 89.8 Å². The third-order valence-corrected chi connectivity index (χ3v) is 3.55.